The summed E-state index contributed by atoms with van der Waals surface area (Å²) in [6, 6.07) is 114. The average molecular weight is 1970 g/mol. The Balaban J connectivity index is 0.000000104. The summed E-state index contributed by atoms with van der Waals surface area (Å²) in [5.41, 5.74) is 21.0. The molecule has 0 amide bonds. The number of fused-ring (bicyclic) bond motifs is 15. The van der Waals surface area contributed by atoms with E-state index >= 15 is 0 Å². The van der Waals surface area contributed by atoms with Gasteiger partial charge >= 0.3 is 0 Å². The number of nitrogens with zero attached hydrogens (tertiary/aromatic N) is 1. The number of ether oxygens (including phenoxy) is 8. The van der Waals surface area contributed by atoms with Crippen LogP contribution in [0.3, 0.4) is 0 Å². The number of hydrogen-bond donors (Lipinski definition) is 0. The lowest BCUT2D eigenvalue weighted by Gasteiger charge is -2.41. The molecule has 24 rings (SSSR count). The van der Waals surface area contributed by atoms with Crippen LogP contribution in [0.1, 0.15) is 110 Å². The van der Waals surface area contributed by atoms with Crippen molar-refractivity contribution >= 4 is 173 Å². The second-order valence-corrected chi connectivity index (χ2v) is 49.2. The quantitative estimate of drug-likeness (QED) is 0.116. The van der Waals surface area contributed by atoms with Crippen LogP contribution < -0.4 is 33.3 Å². The maximum absolute atomic E-state index is 6.58. The van der Waals surface area contributed by atoms with Crippen LogP contribution in [0.15, 0.2) is 331 Å². The highest BCUT2D eigenvalue weighted by Crippen LogP contribution is 2.68. The first-order valence-corrected chi connectivity index (χ1v) is 56.3. The van der Waals surface area contributed by atoms with Crippen LogP contribution in [0.25, 0.3) is 32.3 Å². The number of benzene rings is 15. The predicted molar refractivity (Wildman–Crippen MR) is 584 cm³/mol. The number of para-hydroxylation sites is 2. The number of methoxy groups -OCH3 is 5. The normalized spacial score (nSPS) is 17.6. The third-order valence-corrected chi connectivity index (χ3v) is 44.4. The second-order valence-electron chi connectivity index (χ2n) is 33.7. The lowest BCUT2D eigenvalue weighted by molar-refractivity contribution is -0.203. The van der Waals surface area contributed by atoms with E-state index in [0.29, 0.717) is 19.1 Å². The molecule has 0 bridgehead atoms. The molecule has 0 aliphatic carbocycles. The van der Waals surface area contributed by atoms with Gasteiger partial charge in [-0.3, -0.25) is 0 Å². The van der Waals surface area contributed by atoms with Crippen molar-refractivity contribution in [3.05, 3.63) is 399 Å². The summed E-state index contributed by atoms with van der Waals surface area (Å²) in [7, 11) is 10.8. The molecule has 9 heterocycles. The van der Waals surface area contributed by atoms with E-state index in [9.17, 15) is 0 Å². The van der Waals surface area contributed by atoms with Crippen LogP contribution in [0.5, 0.6) is 40.2 Å². The van der Waals surface area contributed by atoms with E-state index < -0.39 is 5.79 Å². The van der Waals surface area contributed by atoms with Crippen molar-refractivity contribution in [3.8, 4) is 40.2 Å². The van der Waals surface area contributed by atoms with Gasteiger partial charge in [-0.1, -0.05) is 256 Å². The fourth-order valence-corrected chi connectivity index (χ4v) is 37.4. The van der Waals surface area contributed by atoms with Crippen molar-refractivity contribution < 1.29 is 37.9 Å². The molecule has 684 valence electrons. The van der Waals surface area contributed by atoms with E-state index in [4.69, 9.17) is 37.9 Å². The fraction of sp³-hybridized carbons (Fsp3) is 0.263. The molecule has 15 aromatic carbocycles. The number of anilines is 2. The van der Waals surface area contributed by atoms with E-state index in [2.05, 4.69) is 359 Å². The number of aryl methyl sites for hydroxylation is 1. The van der Waals surface area contributed by atoms with E-state index in [1.807, 2.05) is 125 Å². The van der Waals surface area contributed by atoms with Crippen LogP contribution >= 0.6 is 129 Å². The van der Waals surface area contributed by atoms with Crippen molar-refractivity contribution in [2.45, 2.75) is 75.5 Å². The van der Waals surface area contributed by atoms with Crippen LogP contribution in [0.4, 0.5) is 11.4 Å². The summed E-state index contributed by atoms with van der Waals surface area (Å²) in [5, 5.41) is 7.25. The molecule has 0 N–H and O–H groups in total. The summed E-state index contributed by atoms with van der Waals surface area (Å²) >= 11 is 22.3. The molecule has 3 spiro atoms. The molecular formula is C114H109NO8S11. The summed E-state index contributed by atoms with van der Waals surface area (Å²) in [6.45, 7) is 8.10. The molecule has 20 heteroatoms. The van der Waals surface area contributed by atoms with Gasteiger partial charge in [-0.05, 0) is 183 Å². The van der Waals surface area contributed by atoms with Gasteiger partial charge in [-0.25, -0.2) is 0 Å². The molecule has 0 atom stereocenters. The minimum absolute atomic E-state index is 0.0153. The van der Waals surface area contributed by atoms with Crippen molar-refractivity contribution in [3.63, 3.8) is 0 Å². The largest absolute Gasteiger partial charge is 0.497 e. The van der Waals surface area contributed by atoms with Crippen LogP contribution in [-0.4, -0.2) is 113 Å². The van der Waals surface area contributed by atoms with E-state index in [0.717, 1.165) is 87.2 Å². The van der Waals surface area contributed by atoms with Gasteiger partial charge in [0.15, 0.2) is 0 Å². The highest BCUT2D eigenvalue weighted by Gasteiger charge is 2.51. The number of rotatable bonds is 12. The Kier molecular flexibility index (Phi) is 29.6. The molecule has 6 fully saturated rings. The van der Waals surface area contributed by atoms with E-state index in [-0.39, 0.29) is 20.4 Å². The van der Waals surface area contributed by atoms with E-state index in [1.54, 1.807) is 35.5 Å². The Morgan fingerprint density at radius 2 is 0.746 bits per heavy atom. The molecule has 9 nitrogen and oxygen atoms in total. The molecule has 9 aliphatic heterocycles. The van der Waals surface area contributed by atoms with Gasteiger partial charge in [0, 0.05) is 130 Å². The Bertz CT molecular complexity index is 6590. The number of hydrogen-bond acceptors (Lipinski definition) is 20. The van der Waals surface area contributed by atoms with Crippen LogP contribution in [0.2, 0.25) is 0 Å². The van der Waals surface area contributed by atoms with Gasteiger partial charge in [0.05, 0.1) is 48.8 Å². The van der Waals surface area contributed by atoms with Gasteiger partial charge in [0.25, 0.3) is 0 Å². The van der Waals surface area contributed by atoms with Gasteiger partial charge in [0.1, 0.15) is 60.6 Å². The first kappa shape index (κ1) is 94.4. The standard InChI is InChI=1S/C26H24O2.C20H18OS2.C18H18S3.C17H17NOS2.C17H18O2S2.C16H14O2S2/c1-19-12-13-21-9-4-5-11-24(21)25(19)26(27-16-6-7-17-28-26)23-15-14-20-8-2-3-10-22(20)18-23;1-21-19-17-10-6-5-7-15(17)11-12-18(19)20(22-13-14-23-20)16-8-3-2-4-9-16;1-12(2)13-7-8-17-15(11-13)18(19-9-10-20-18)14-5-3-4-6-16(14)21-17;1-18-15-6-4-3-5-13(15)17(20-9-10-21-17)14-11-12(19-2)7-8-16(14)18;1-18-15-7-3-13(4-8-15)17(20-11-12-21-17)14-5-9-16(19-2)10-6-14;1-17-11-6-7-15-13(10-11)16(19-8-9-20-16)12-4-2-3-5-14(12)18-15/h2-5,8-15,18H,6-7,16-17H2,1H3;2-12H,13-14H2,1H3;3-8,11-12H,9-10H2,1-2H3;3-8,11H,9-10H2,1-2H3;3-10H,11-12H2,1-2H3;2-7,10H,8-9H2,1H3. The molecular weight excluding hydrogens is 1860 g/mol. The second kappa shape index (κ2) is 42.0. The van der Waals surface area contributed by atoms with Crippen LogP contribution in [0, 0.1) is 6.92 Å². The van der Waals surface area contributed by atoms with Gasteiger partial charge in [-0.2, -0.15) is 0 Å². The fourth-order valence-electron chi connectivity index (χ4n) is 19.3. The molecule has 0 saturated carbocycles. The predicted octanol–water partition coefficient (Wildman–Crippen LogP) is 31.1. The van der Waals surface area contributed by atoms with Crippen molar-refractivity contribution in [1.29, 1.82) is 0 Å². The first-order valence-electron chi connectivity index (χ1n) is 45.7. The topological polar surface area (TPSA) is 77.1 Å². The Morgan fingerprint density at radius 3 is 1.36 bits per heavy atom. The molecule has 0 aromatic heterocycles. The SMILES string of the molecule is CC(C)c1ccc2c(c1)C1(SCCS1)c1ccccc1S2.COc1c(C2(c3ccccc3)SCCS2)ccc2ccccc12.COc1ccc(C2(c3ccc(OC)cc3)SCCS2)cc1.COc1ccc2c(c1)C1(SCCS1)c1ccccc1N2C.COc1ccc2c(c1)C1(SCCS1)c1ccccc1O2.Cc1ccc2ccccc2c1C1(c2ccc3ccccc3c2)OCCCCO1. The maximum Gasteiger partial charge on any atom is 0.223 e. The zero-order chi connectivity index (χ0) is 91.9. The highest BCUT2D eigenvalue weighted by molar-refractivity contribution is 8.22. The number of thioether (sulfide) groups is 10. The third kappa shape index (κ3) is 18.4. The van der Waals surface area contributed by atoms with E-state index in [1.165, 1.54) is 155 Å². The summed E-state index contributed by atoms with van der Waals surface area (Å²) in [5.74, 6) is 18.1. The molecule has 6 saturated heterocycles. The van der Waals surface area contributed by atoms with Gasteiger partial charge in [-0.15, -0.1) is 118 Å². The molecule has 15 aromatic rings. The Labute approximate surface area is 836 Å². The van der Waals surface area contributed by atoms with Crippen molar-refractivity contribution in [2.24, 2.45) is 0 Å². The summed E-state index contributed by atoms with van der Waals surface area (Å²) < 4.78 is 46.6. The minimum atomic E-state index is -0.883. The monoisotopic (exact) mass is 1970 g/mol. The summed E-state index contributed by atoms with van der Waals surface area (Å²) in [4.78, 5) is 5.18. The van der Waals surface area contributed by atoms with Gasteiger partial charge < -0.3 is 42.8 Å². The first-order chi connectivity index (χ1) is 65.7. The maximum atomic E-state index is 6.58. The molecule has 9 aliphatic rings. The molecule has 0 radical (unpaired) electrons. The zero-order valence-electron chi connectivity index (χ0n) is 76.8. The van der Waals surface area contributed by atoms with Crippen LogP contribution in [-0.2, 0) is 35.7 Å². The highest BCUT2D eigenvalue weighted by atomic mass is 32.2. The minimum Gasteiger partial charge on any atom is -0.497 e. The lowest BCUT2D eigenvalue weighted by atomic mass is 9.88. The molecule has 0 unspecified atom stereocenters. The summed E-state index contributed by atoms with van der Waals surface area (Å²) in [6.07, 6.45) is 2.03. The lowest BCUT2D eigenvalue weighted by Crippen LogP contribution is -2.35. The average Bonchev–Trinajstić information content (AvgIpc) is 1.21. The van der Waals surface area contributed by atoms with Gasteiger partial charge in [0.2, 0.25) is 5.79 Å². The zero-order valence-corrected chi connectivity index (χ0v) is 85.8. The smallest absolute Gasteiger partial charge is 0.223 e. The molecule has 134 heavy (non-hydrogen) atoms. The third-order valence-electron chi connectivity index (χ3n) is 25.8. The van der Waals surface area contributed by atoms with Crippen molar-refractivity contribution in [2.75, 3.05) is 118 Å². The Morgan fingerprint density at radius 1 is 0.306 bits per heavy atom. The Hall–Kier alpha value is -8.55. The van der Waals surface area contributed by atoms with Crippen molar-refractivity contribution in [1.82, 2.24) is 0 Å².